The van der Waals surface area contributed by atoms with Gasteiger partial charge in [-0.1, -0.05) is 0 Å². The highest BCUT2D eigenvalue weighted by Crippen LogP contribution is 2.00. The van der Waals surface area contributed by atoms with E-state index in [9.17, 15) is 0 Å². The Morgan fingerprint density at radius 1 is 1.00 bits per heavy atom. The molecular formula is C8H18N2O2. The average molecular weight is 174 g/mol. The Morgan fingerprint density at radius 3 is 1.92 bits per heavy atom. The van der Waals surface area contributed by atoms with Crippen molar-refractivity contribution in [2.24, 2.45) is 0 Å². The zero-order valence-electron chi connectivity index (χ0n) is 7.29. The summed E-state index contributed by atoms with van der Waals surface area (Å²) in [6.45, 7) is 2.29. The van der Waals surface area contributed by atoms with E-state index in [1.807, 2.05) is 0 Å². The van der Waals surface area contributed by atoms with E-state index in [4.69, 9.17) is 10.2 Å². The molecule has 1 heterocycles. The van der Waals surface area contributed by atoms with Crippen LogP contribution < -0.4 is 10.6 Å². The van der Waals surface area contributed by atoms with Crippen molar-refractivity contribution < 1.29 is 10.2 Å². The minimum atomic E-state index is 0.227. The molecule has 2 unspecified atom stereocenters. The van der Waals surface area contributed by atoms with Crippen molar-refractivity contribution in [3.8, 4) is 0 Å². The Bertz CT molecular complexity index is 106. The number of rotatable bonds is 4. The van der Waals surface area contributed by atoms with Crippen molar-refractivity contribution in [2.45, 2.75) is 24.9 Å². The molecule has 1 aliphatic rings. The van der Waals surface area contributed by atoms with Crippen LogP contribution in [0.2, 0.25) is 0 Å². The summed E-state index contributed by atoms with van der Waals surface area (Å²) in [6, 6.07) is 0.723. The first-order valence-corrected chi connectivity index (χ1v) is 4.55. The smallest absolute Gasteiger partial charge is 0.0446 e. The van der Waals surface area contributed by atoms with Crippen molar-refractivity contribution in [2.75, 3.05) is 26.3 Å². The van der Waals surface area contributed by atoms with Gasteiger partial charge in [-0.05, 0) is 12.8 Å². The van der Waals surface area contributed by atoms with E-state index in [-0.39, 0.29) is 13.2 Å². The summed E-state index contributed by atoms with van der Waals surface area (Å²) >= 11 is 0. The van der Waals surface area contributed by atoms with Crippen LogP contribution in [0.1, 0.15) is 12.8 Å². The minimum Gasteiger partial charge on any atom is -0.396 e. The van der Waals surface area contributed by atoms with Crippen LogP contribution in [0, 0.1) is 0 Å². The molecule has 0 bridgehead atoms. The van der Waals surface area contributed by atoms with Crippen LogP contribution in [0.5, 0.6) is 0 Å². The second kappa shape index (κ2) is 5.48. The molecule has 12 heavy (non-hydrogen) atoms. The van der Waals surface area contributed by atoms with Crippen LogP contribution in [0.25, 0.3) is 0 Å². The summed E-state index contributed by atoms with van der Waals surface area (Å²) in [5, 5.41) is 24.1. The van der Waals surface area contributed by atoms with Gasteiger partial charge in [0.25, 0.3) is 0 Å². The van der Waals surface area contributed by atoms with E-state index in [2.05, 4.69) is 10.6 Å². The lowest BCUT2D eigenvalue weighted by atomic mass is 10.1. The number of aliphatic hydroxyl groups excluding tert-OH is 2. The molecule has 1 saturated heterocycles. The van der Waals surface area contributed by atoms with Crippen LogP contribution in [-0.2, 0) is 0 Å². The molecule has 0 aromatic heterocycles. The molecule has 1 fully saturated rings. The van der Waals surface area contributed by atoms with Gasteiger partial charge in [-0.15, -0.1) is 0 Å². The van der Waals surface area contributed by atoms with Crippen LogP contribution in [0.3, 0.4) is 0 Å². The first-order chi connectivity index (χ1) is 5.86. The monoisotopic (exact) mass is 174 g/mol. The fourth-order valence-electron chi connectivity index (χ4n) is 1.57. The van der Waals surface area contributed by atoms with Crippen LogP contribution in [-0.4, -0.2) is 48.6 Å². The summed E-state index contributed by atoms with van der Waals surface area (Å²) in [5.41, 5.74) is 0. The molecule has 2 atom stereocenters. The van der Waals surface area contributed by atoms with Gasteiger partial charge in [-0.3, -0.25) is 0 Å². The third-order valence-electron chi connectivity index (χ3n) is 2.21. The summed E-state index contributed by atoms with van der Waals surface area (Å²) < 4.78 is 0. The molecule has 0 radical (unpaired) electrons. The van der Waals surface area contributed by atoms with Gasteiger partial charge in [-0.2, -0.15) is 0 Å². The Kier molecular flexibility index (Phi) is 4.53. The van der Waals surface area contributed by atoms with Gasteiger partial charge in [0, 0.05) is 38.4 Å². The van der Waals surface area contributed by atoms with Crippen molar-refractivity contribution in [1.82, 2.24) is 10.6 Å². The molecule has 4 N–H and O–H groups in total. The van der Waals surface area contributed by atoms with Crippen LogP contribution >= 0.6 is 0 Å². The van der Waals surface area contributed by atoms with Crippen molar-refractivity contribution in [3.63, 3.8) is 0 Å². The minimum absolute atomic E-state index is 0.227. The highest BCUT2D eigenvalue weighted by Gasteiger charge is 2.18. The quantitative estimate of drug-likeness (QED) is 0.427. The maximum atomic E-state index is 8.72. The molecule has 4 nitrogen and oxygen atoms in total. The largest absolute Gasteiger partial charge is 0.396 e. The Labute approximate surface area is 73.0 Å². The van der Waals surface area contributed by atoms with E-state index in [0.717, 1.165) is 25.9 Å². The van der Waals surface area contributed by atoms with Crippen molar-refractivity contribution in [1.29, 1.82) is 0 Å². The van der Waals surface area contributed by atoms with Crippen molar-refractivity contribution in [3.05, 3.63) is 0 Å². The lowest BCUT2D eigenvalue weighted by molar-refractivity contribution is 0.213. The van der Waals surface area contributed by atoms with Gasteiger partial charge in [0.15, 0.2) is 0 Å². The topological polar surface area (TPSA) is 64.5 Å². The SMILES string of the molecule is OCCC1CNCC(CCO)N1. The van der Waals surface area contributed by atoms with Gasteiger partial charge >= 0.3 is 0 Å². The third-order valence-corrected chi connectivity index (χ3v) is 2.21. The van der Waals surface area contributed by atoms with E-state index in [1.54, 1.807) is 0 Å². The summed E-state index contributed by atoms with van der Waals surface area (Å²) in [4.78, 5) is 0. The number of aliphatic hydroxyl groups is 2. The summed E-state index contributed by atoms with van der Waals surface area (Å²) in [6.07, 6.45) is 1.57. The third kappa shape index (κ3) is 3.06. The molecule has 0 amide bonds. The predicted molar refractivity (Wildman–Crippen MR) is 47.0 cm³/mol. The molecule has 0 aromatic carbocycles. The second-order valence-corrected chi connectivity index (χ2v) is 3.24. The molecule has 0 aromatic rings. The van der Waals surface area contributed by atoms with Crippen LogP contribution in [0.15, 0.2) is 0 Å². The number of nitrogens with one attached hydrogen (secondary N) is 2. The van der Waals surface area contributed by atoms with E-state index in [1.165, 1.54) is 0 Å². The van der Waals surface area contributed by atoms with Crippen molar-refractivity contribution >= 4 is 0 Å². The fraction of sp³-hybridized carbons (Fsp3) is 1.00. The molecule has 0 aliphatic carbocycles. The van der Waals surface area contributed by atoms with Gasteiger partial charge < -0.3 is 20.8 Å². The zero-order chi connectivity index (χ0) is 8.81. The molecule has 72 valence electrons. The number of piperazine rings is 1. The lowest BCUT2D eigenvalue weighted by Crippen LogP contribution is -2.55. The maximum absolute atomic E-state index is 8.72. The predicted octanol–water partition coefficient (Wildman–Crippen LogP) is -1.32. The standard InChI is InChI=1S/C8H18N2O2/c11-3-1-7-5-9-6-8(10-7)2-4-12/h7-12H,1-6H2. The van der Waals surface area contributed by atoms with Crippen LogP contribution in [0.4, 0.5) is 0 Å². The molecule has 4 heteroatoms. The average Bonchev–Trinajstić information content (AvgIpc) is 2.06. The fourth-order valence-corrected chi connectivity index (χ4v) is 1.57. The Balaban J connectivity index is 2.20. The molecular weight excluding hydrogens is 156 g/mol. The normalized spacial score (nSPS) is 30.5. The Morgan fingerprint density at radius 2 is 1.50 bits per heavy atom. The zero-order valence-corrected chi connectivity index (χ0v) is 7.29. The molecule has 1 aliphatic heterocycles. The molecule has 0 spiro atoms. The highest BCUT2D eigenvalue weighted by molar-refractivity contribution is 4.82. The summed E-state index contributed by atoms with van der Waals surface area (Å²) in [5.74, 6) is 0. The van der Waals surface area contributed by atoms with Gasteiger partial charge in [0.05, 0.1) is 0 Å². The molecule has 1 rings (SSSR count). The van der Waals surface area contributed by atoms with Gasteiger partial charge in [0.1, 0.15) is 0 Å². The first kappa shape index (κ1) is 9.92. The lowest BCUT2D eigenvalue weighted by Gasteiger charge is -2.31. The molecule has 0 saturated carbocycles. The number of hydrogen-bond donors (Lipinski definition) is 4. The van der Waals surface area contributed by atoms with E-state index in [0.29, 0.717) is 12.1 Å². The highest BCUT2D eigenvalue weighted by atomic mass is 16.3. The number of hydrogen-bond acceptors (Lipinski definition) is 4. The maximum Gasteiger partial charge on any atom is 0.0446 e. The van der Waals surface area contributed by atoms with E-state index < -0.39 is 0 Å². The summed E-state index contributed by atoms with van der Waals surface area (Å²) in [7, 11) is 0. The Hall–Kier alpha value is -0.160. The van der Waals surface area contributed by atoms with Gasteiger partial charge in [0.2, 0.25) is 0 Å². The first-order valence-electron chi connectivity index (χ1n) is 4.55. The second-order valence-electron chi connectivity index (χ2n) is 3.24. The van der Waals surface area contributed by atoms with E-state index >= 15 is 0 Å². The van der Waals surface area contributed by atoms with Gasteiger partial charge in [-0.25, -0.2) is 0 Å².